The van der Waals surface area contributed by atoms with E-state index in [4.69, 9.17) is 21.1 Å². The summed E-state index contributed by atoms with van der Waals surface area (Å²) < 4.78 is 25.4. The second kappa shape index (κ2) is 14.2. The van der Waals surface area contributed by atoms with Crippen molar-refractivity contribution < 1.29 is 23.5 Å². The molecule has 0 spiro atoms. The fourth-order valence-electron chi connectivity index (χ4n) is 5.10. The first-order valence-corrected chi connectivity index (χ1v) is 15.5. The summed E-state index contributed by atoms with van der Waals surface area (Å²) in [5.74, 6) is 1.42. The Labute approximate surface area is 256 Å². The maximum absolute atomic E-state index is 14.5. The quantitative estimate of drug-likeness (QED) is 0.217. The average Bonchev–Trinajstić information content (AvgIpc) is 3.73. The minimum absolute atomic E-state index is 0.0505. The van der Waals surface area contributed by atoms with Crippen LogP contribution in [0.25, 0.3) is 0 Å². The van der Waals surface area contributed by atoms with Crippen LogP contribution in [0.1, 0.15) is 37.0 Å². The number of aromatic nitrogens is 2. The number of carbonyl (C=O) groups is 2. The summed E-state index contributed by atoms with van der Waals surface area (Å²) in [6.07, 6.45) is 3.24. The van der Waals surface area contributed by atoms with Crippen molar-refractivity contribution in [3.05, 3.63) is 35.0 Å². The van der Waals surface area contributed by atoms with Crippen LogP contribution in [0.2, 0.25) is 5.02 Å². The monoisotopic (exact) mass is 622 g/mol. The molecule has 2 fully saturated rings. The largest absolute Gasteiger partial charge is 0.495 e. The Bertz CT molecular complexity index is 1240. The minimum atomic E-state index is -1.32. The predicted molar refractivity (Wildman–Crippen MR) is 165 cm³/mol. The van der Waals surface area contributed by atoms with E-state index in [1.165, 1.54) is 6.20 Å². The molecule has 1 saturated heterocycles. The van der Waals surface area contributed by atoms with Crippen molar-refractivity contribution >= 4 is 53.0 Å². The summed E-state index contributed by atoms with van der Waals surface area (Å²) in [5.41, 5.74) is -0.150. The van der Waals surface area contributed by atoms with Crippen molar-refractivity contribution in [1.29, 1.82) is 0 Å². The summed E-state index contributed by atoms with van der Waals surface area (Å²) in [4.78, 5) is 37.4. The summed E-state index contributed by atoms with van der Waals surface area (Å²) in [7, 11) is 3.27. The van der Waals surface area contributed by atoms with Gasteiger partial charge in [0.2, 0.25) is 5.95 Å². The van der Waals surface area contributed by atoms with E-state index in [-0.39, 0.29) is 5.91 Å². The van der Waals surface area contributed by atoms with Crippen LogP contribution in [0.15, 0.2) is 24.4 Å². The van der Waals surface area contributed by atoms with Gasteiger partial charge in [0, 0.05) is 55.8 Å². The van der Waals surface area contributed by atoms with Gasteiger partial charge in [0.1, 0.15) is 28.5 Å². The molecule has 42 heavy (non-hydrogen) atoms. The second-order valence-electron chi connectivity index (χ2n) is 11.0. The number of thioether (sulfide) groups is 1. The molecule has 2 aliphatic rings. The van der Waals surface area contributed by atoms with E-state index in [2.05, 4.69) is 25.5 Å². The van der Waals surface area contributed by atoms with Crippen molar-refractivity contribution in [1.82, 2.24) is 19.8 Å². The lowest BCUT2D eigenvalue weighted by molar-refractivity contribution is -0.114. The molecule has 1 aliphatic heterocycles. The van der Waals surface area contributed by atoms with Crippen LogP contribution in [-0.2, 0) is 9.53 Å². The van der Waals surface area contributed by atoms with Crippen LogP contribution in [-0.4, -0.2) is 108 Å². The molecular formula is C29H40ClFN6O4S. The molecule has 4 rings (SSSR count). The zero-order valence-corrected chi connectivity index (χ0v) is 26.2. The van der Waals surface area contributed by atoms with Gasteiger partial charge in [-0.1, -0.05) is 11.6 Å². The van der Waals surface area contributed by atoms with Gasteiger partial charge in [0.15, 0.2) is 0 Å². The fourth-order valence-corrected chi connectivity index (χ4v) is 6.46. The first kappa shape index (κ1) is 32.2. The number of halogens is 2. The Morgan fingerprint density at radius 3 is 2.64 bits per heavy atom. The lowest BCUT2D eigenvalue weighted by Crippen LogP contribution is -2.49. The van der Waals surface area contributed by atoms with Crippen molar-refractivity contribution in [2.45, 2.75) is 37.1 Å². The Kier molecular flexibility index (Phi) is 10.9. The molecule has 1 atom stereocenters. The van der Waals surface area contributed by atoms with Gasteiger partial charge >= 0.3 is 0 Å². The van der Waals surface area contributed by atoms with Crippen LogP contribution in [0.5, 0.6) is 5.75 Å². The number of hydrogen-bond donors (Lipinski definition) is 2. The van der Waals surface area contributed by atoms with Crippen LogP contribution in [0, 0.1) is 5.92 Å². The molecule has 2 aromatic rings. The molecule has 1 saturated carbocycles. The molecule has 2 N–H and O–H groups in total. The van der Waals surface area contributed by atoms with Gasteiger partial charge in [-0.25, -0.2) is 9.37 Å². The zero-order chi connectivity index (χ0) is 30.3. The zero-order valence-electron chi connectivity index (χ0n) is 24.6. The molecule has 1 aromatic carbocycles. The van der Waals surface area contributed by atoms with E-state index in [0.29, 0.717) is 78.7 Å². The van der Waals surface area contributed by atoms with Gasteiger partial charge in [-0.15, -0.1) is 0 Å². The molecule has 0 bridgehead atoms. The number of alkyl halides is 1. The number of amides is 1. The Hall–Kier alpha value is -2.67. The molecule has 230 valence electrons. The lowest BCUT2D eigenvalue weighted by atomic mass is 9.90. The number of ether oxygens (including phenoxy) is 2. The standard InChI is InChI=1S/C29H40ClFN6O4S/c1-28(2,24(19-38)29(31)7-8-29)42-16-15-41-14-13-36-9-11-37(12-10-36)26(39)20-5-6-22(23(17-20)40-4)34-27-33-18-21(30)25(32-3)35-27/h5-6,17-19,24H,7-16H2,1-4H3,(H2,32,33,34,35). The first-order chi connectivity index (χ1) is 20.1. The van der Waals surface area contributed by atoms with Crippen LogP contribution in [0.3, 0.4) is 0 Å². The summed E-state index contributed by atoms with van der Waals surface area (Å²) in [6, 6.07) is 5.25. The highest BCUT2D eigenvalue weighted by molar-refractivity contribution is 8.00. The van der Waals surface area contributed by atoms with Crippen molar-refractivity contribution in [3.63, 3.8) is 0 Å². The van der Waals surface area contributed by atoms with E-state index in [9.17, 15) is 14.0 Å². The number of hydrogen-bond acceptors (Lipinski definition) is 10. The summed E-state index contributed by atoms with van der Waals surface area (Å²) in [6.45, 7) is 8.54. The molecule has 10 nitrogen and oxygen atoms in total. The number of carbonyl (C=O) groups excluding carboxylic acids is 2. The number of nitrogens with zero attached hydrogens (tertiary/aromatic N) is 4. The van der Waals surface area contributed by atoms with E-state index < -0.39 is 16.3 Å². The highest BCUT2D eigenvalue weighted by Crippen LogP contribution is 2.52. The Morgan fingerprint density at radius 1 is 1.26 bits per heavy atom. The third kappa shape index (κ3) is 8.03. The topological polar surface area (TPSA) is 109 Å². The second-order valence-corrected chi connectivity index (χ2v) is 13.2. The van der Waals surface area contributed by atoms with Crippen molar-refractivity contribution in [2.75, 3.05) is 76.5 Å². The minimum Gasteiger partial charge on any atom is -0.495 e. The van der Waals surface area contributed by atoms with E-state index in [0.717, 1.165) is 25.9 Å². The van der Waals surface area contributed by atoms with Gasteiger partial charge in [-0.2, -0.15) is 16.7 Å². The first-order valence-electron chi connectivity index (χ1n) is 14.1. The average molecular weight is 623 g/mol. The van der Waals surface area contributed by atoms with Crippen molar-refractivity contribution in [2.24, 2.45) is 5.92 Å². The van der Waals surface area contributed by atoms with Gasteiger partial charge < -0.3 is 29.8 Å². The Balaban J connectivity index is 1.19. The lowest BCUT2D eigenvalue weighted by Gasteiger charge is -2.35. The maximum atomic E-state index is 14.5. The van der Waals surface area contributed by atoms with Crippen LogP contribution >= 0.6 is 23.4 Å². The smallest absolute Gasteiger partial charge is 0.254 e. The Morgan fingerprint density at radius 2 is 2.00 bits per heavy atom. The number of aldehydes is 1. The fraction of sp³-hybridized carbons (Fsp3) is 0.586. The summed E-state index contributed by atoms with van der Waals surface area (Å²) >= 11 is 7.66. The number of methoxy groups -OCH3 is 1. The number of benzene rings is 1. The molecule has 2 heterocycles. The summed E-state index contributed by atoms with van der Waals surface area (Å²) in [5, 5.41) is 6.44. The number of nitrogens with one attached hydrogen (secondary N) is 2. The highest BCUT2D eigenvalue weighted by Gasteiger charge is 2.55. The highest BCUT2D eigenvalue weighted by atomic mass is 35.5. The molecule has 13 heteroatoms. The maximum Gasteiger partial charge on any atom is 0.254 e. The molecular weight excluding hydrogens is 583 g/mol. The molecule has 1 amide bonds. The van der Waals surface area contributed by atoms with E-state index >= 15 is 0 Å². The SMILES string of the molecule is CNc1nc(Nc2ccc(C(=O)N3CCN(CCOCCSC(C)(C)C(C=O)C4(F)CC4)CC3)cc2OC)ncc1Cl. The normalized spacial score (nSPS) is 17.4. The number of anilines is 3. The predicted octanol–water partition coefficient (Wildman–Crippen LogP) is 4.53. The van der Waals surface area contributed by atoms with Gasteiger partial charge in [-0.3, -0.25) is 9.69 Å². The van der Waals surface area contributed by atoms with Gasteiger partial charge in [0.25, 0.3) is 5.91 Å². The molecule has 1 aromatic heterocycles. The number of rotatable bonds is 15. The molecule has 1 unspecified atom stereocenters. The number of piperazine rings is 1. The van der Waals surface area contributed by atoms with Gasteiger partial charge in [-0.05, 0) is 44.9 Å². The van der Waals surface area contributed by atoms with Crippen LogP contribution < -0.4 is 15.4 Å². The third-order valence-corrected chi connectivity index (χ3v) is 9.40. The third-order valence-electron chi connectivity index (χ3n) is 7.76. The van der Waals surface area contributed by atoms with Crippen molar-refractivity contribution in [3.8, 4) is 5.75 Å². The molecule has 1 aliphatic carbocycles. The molecule has 0 radical (unpaired) electrons. The van der Waals surface area contributed by atoms with E-state index in [1.807, 2.05) is 18.7 Å². The van der Waals surface area contributed by atoms with E-state index in [1.54, 1.807) is 44.1 Å². The van der Waals surface area contributed by atoms with Gasteiger partial charge in [0.05, 0.1) is 38.1 Å². The van der Waals surface area contributed by atoms with Crippen LogP contribution in [0.4, 0.5) is 21.8 Å².